The number of dihydropyridines is 1. The lowest BCUT2D eigenvalue weighted by atomic mass is 9.72. The second-order valence-corrected chi connectivity index (χ2v) is 9.00. The molecule has 1 aliphatic carbocycles. The molecule has 32 heavy (non-hydrogen) atoms. The standard InChI is InChI=1S/C24H24N2O5S/c1-3-9-31-24(28)21-14(2)25-18-12-16(20-8-5-10-32-20)13-19(27)23(18)22(21)15-6-4-7-17(11-15)26(29)30/h4-8,10-11,16,22,25H,3,9,12-13H2,1-2H3/t16-,22-/m0/s1. The van der Waals surface area contributed by atoms with E-state index in [0.717, 1.165) is 10.6 Å². The van der Waals surface area contributed by atoms with E-state index < -0.39 is 16.8 Å². The Morgan fingerprint density at radius 3 is 2.78 bits per heavy atom. The van der Waals surface area contributed by atoms with Crippen LogP contribution in [-0.4, -0.2) is 23.3 Å². The Bertz CT molecular complexity index is 1130. The highest BCUT2D eigenvalue weighted by molar-refractivity contribution is 7.10. The van der Waals surface area contributed by atoms with Crippen LogP contribution >= 0.6 is 11.3 Å². The highest BCUT2D eigenvalue weighted by Crippen LogP contribution is 2.46. The van der Waals surface area contributed by atoms with Gasteiger partial charge in [0.2, 0.25) is 0 Å². The third kappa shape index (κ3) is 4.10. The van der Waals surface area contributed by atoms with Crippen LogP contribution in [0.2, 0.25) is 0 Å². The van der Waals surface area contributed by atoms with Gasteiger partial charge in [0, 0.05) is 52.2 Å². The lowest BCUT2D eigenvalue weighted by Crippen LogP contribution is -2.36. The van der Waals surface area contributed by atoms with Gasteiger partial charge in [0.25, 0.3) is 5.69 Å². The fraction of sp³-hybridized carbons (Fsp3) is 0.333. The van der Waals surface area contributed by atoms with Crippen LogP contribution in [0.25, 0.3) is 0 Å². The predicted octanol–water partition coefficient (Wildman–Crippen LogP) is 4.97. The van der Waals surface area contributed by atoms with E-state index in [1.165, 1.54) is 12.1 Å². The van der Waals surface area contributed by atoms with E-state index in [-0.39, 0.29) is 24.0 Å². The van der Waals surface area contributed by atoms with Gasteiger partial charge < -0.3 is 10.1 Å². The third-order valence-electron chi connectivity index (χ3n) is 5.84. The van der Waals surface area contributed by atoms with Gasteiger partial charge in [-0.1, -0.05) is 25.1 Å². The highest BCUT2D eigenvalue weighted by atomic mass is 32.1. The normalized spacial score (nSPS) is 20.6. The molecule has 0 amide bonds. The fourth-order valence-corrected chi connectivity index (χ4v) is 5.29. The summed E-state index contributed by atoms with van der Waals surface area (Å²) in [6.45, 7) is 3.95. The molecule has 8 heteroatoms. The molecule has 1 aliphatic heterocycles. The molecule has 7 nitrogen and oxygen atoms in total. The van der Waals surface area contributed by atoms with Crippen molar-refractivity contribution in [2.75, 3.05) is 6.61 Å². The van der Waals surface area contributed by atoms with E-state index in [0.29, 0.717) is 41.7 Å². The first-order chi connectivity index (χ1) is 15.4. The van der Waals surface area contributed by atoms with E-state index in [1.807, 2.05) is 24.4 Å². The number of nitrogens with one attached hydrogen (secondary N) is 1. The number of esters is 1. The zero-order chi connectivity index (χ0) is 22.8. The zero-order valence-electron chi connectivity index (χ0n) is 17.9. The Hall–Kier alpha value is -3.26. The molecule has 2 heterocycles. The lowest BCUT2D eigenvalue weighted by molar-refractivity contribution is -0.384. The maximum absolute atomic E-state index is 13.4. The number of carbonyl (C=O) groups is 2. The molecule has 0 saturated carbocycles. The second kappa shape index (κ2) is 9.08. The van der Waals surface area contributed by atoms with Gasteiger partial charge in [-0.25, -0.2) is 4.79 Å². The number of ketones is 1. The van der Waals surface area contributed by atoms with Gasteiger partial charge in [0.1, 0.15) is 0 Å². The molecule has 0 bridgehead atoms. The van der Waals surface area contributed by atoms with E-state index >= 15 is 0 Å². The number of hydrogen-bond acceptors (Lipinski definition) is 7. The van der Waals surface area contributed by atoms with Crippen molar-refractivity contribution < 1.29 is 19.2 Å². The molecule has 1 aromatic carbocycles. The van der Waals surface area contributed by atoms with Crippen molar-refractivity contribution in [3.05, 3.63) is 84.9 Å². The topological polar surface area (TPSA) is 98.5 Å². The SMILES string of the molecule is CCCOC(=O)C1=C(C)NC2=C(C(=O)C[C@@H](c3cccs3)C2)[C@H]1c1cccc([N+](=O)[O-])c1. The Labute approximate surface area is 189 Å². The Morgan fingerprint density at radius 2 is 2.09 bits per heavy atom. The number of carbonyl (C=O) groups excluding carboxylic acids is 2. The first-order valence-corrected chi connectivity index (χ1v) is 11.5. The lowest BCUT2D eigenvalue weighted by Gasteiger charge is -2.36. The number of nitrogens with zero attached hydrogens (tertiary/aromatic N) is 1. The minimum absolute atomic E-state index is 0.0538. The molecule has 0 saturated heterocycles. The van der Waals surface area contributed by atoms with E-state index in [9.17, 15) is 19.7 Å². The van der Waals surface area contributed by atoms with Crippen LogP contribution < -0.4 is 5.32 Å². The van der Waals surface area contributed by atoms with Crippen molar-refractivity contribution in [3.63, 3.8) is 0 Å². The van der Waals surface area contributed by atoms with Gasteiger partial charge in [-0.2, -0.15) is 0 Å². The fourth-order valence-electron chi connectivity index (χ4n) is 4.46. The van der Waals surface area contributed by atoms with E-state index in [2.05, 4.69) is 5.32 Å². The van der Waals surface area contributed by atoms with Crippen molar-refractivity contribution in [1.82, 2.24) is 5.32 Å². The number of allylic oxidation sites excluding steroid dienone is 3. The van der Waals surface area contributed by atoms with Crippen LogP contribution in [0, 0.1) is 10.1 Å². The van der Waals surface area contributed by atoms with Gasteiger partial charge in [-0.05, 0) is 36.8 Å². The van der Waals surface area contributed by atoms with Gasteiger partial charge in [-0.15, -0.1) is 11.3 Å². The summed E-state index contributed by atoms with van der Waals surface area (Å²) in [6.07, 6.45) is 1.65. The molecule has 1 aromatic heterocycles. The van der Waals surface area contributed by atoms with Gasteiger partial charge >= 0.3 is 5.97 Å². The summed E-state index contributed by atoms with van der Waals surface area (Å²) >= 11 is 1.62. The van der Waals surface area contributed by atoms with E-state index in [4.69, 9.17) is 4.74 Å². The average Bonchev–Trinajstić information content (AvgIpc) is 3.31. The molecule has 2 aliphatic rings. The molecular weight excluding hydrogens is 428 g/mol. The summed E-state index contributed by atoms with van der Waals surface area (Å²) in [6, 6.07) is 10.2. The minimum atomic E-state index is -0.702. The number of thiophene rings is 1. The Kier molecular flexibility index (Phi) is 6.23. The largest absolute Gasteiger partial charge is 0.462 e. The third-order valence-corrected chi connectivity index (χ3v) is 6.88. The summed E-state index contributed by atoms with van der Waals surface area (Å²) in [4.78, 5) is 38.5. The number of rotatable bonds is 6. The Morgan fingerprint density at radius 1 is 1.28 bits per heavy atom. The molecule has 0 radical (unpaired) electrons. The summed E-state index contributed by atoms with van der Waals surface area (Å²) in [5.41, 5.74) is 2.69. The number of ether oxygens (including phenoxy) is 1. The molecule has 0 spiro atoms. The quantitative estimate of drug-likeness (QED) is 0.377. The number of hydrogen-bond donors (Lipinski definition) is 1. The molecule has 2 atom stereocenters. The Balaban J connectivity index is 1.82. The maximum atomic E-state index is 13.4. The molecule has 0 unspecified atom stereocenters. The van der Waals surface area contributed by atoms with Crippen molar-refractivity contribution in [2.24, 2.45) is 0 Å². The number of Topliss-reactive ketones (excluding diaryl/α,β-unsaturated/α-hetero) is 1. The second-order valence-electron chi connectivity index (χ2n) is 8.02. The van der Waals surface area contributed by atoms with Crippen LogP contribution in [0.3, 0.4) is 0 Å². The van der Waals surface area contributed by atoms with Crippen LogP contribution in [0.4, 0.5) is 5.69 Å². The van der Waals surface area contributed by atoms with Crippen molar-refractivity contribution in [2.45, 2.75) is 44.9 Å². The molecule has 1 N–H and O–H groups in total. The van der Waals surface area contributed by atoms with Gasteiger partial charge in [-0.3, -0.25) is 14.9 Å². The molecule has 166 valence electrons. The predicted molar refractivity (Wildman–Crippen MR) is 121 cm³/mol. The van der Waals surface area contributed by atoms with Crippen LogP contribution in [-0.2, 0) is 14.3 Å². The summed E-state index contributed by atoms with van der Waals surface area (Å²) in [7, 11) is 0. The van der Waals surface area contributed by atoms with Gasteiger partial charge in [0.05, 0.1) is 17.1 Å². The summed E-state index contributed by atoms with van der Waals surface area (Å²) < 4.78 is 5.42. The van der Waals surface area contributed by atoms with Crippen molar-refractivity contribution in [3.8, 4) is 0 Å². The smallest absolute Gasteiger partial charge is 0.336 e. The molecule has 0 fully saturated rings. The average molecular weight is 453 g/mol. The van der Waals surface area contributed by atoms with E-state index in [1.54, 1.807) is 30.4 Å². The first-order valence-electron chi connectivity index (χ1n) is 10.6. The van der Waals surface area contributed by atoms with Crippen LogP contribution in [0.15, 0.2) is 64.3 Å². The summed E-state index contributed by atoms with van der Waals surface area (Å²) in [5, 5.41) is 16.7. The maximum Gasteiger partial charge on any atom is 0.336 e. The molecule has 4 rings (SSSR count). The minimum Gasteiger partial charge on any atom is -0.462 e. The molecule has 2 aromatic rings. The summed E-state index contributed by atoms with van der Waals surface area (Å²) in [5.74, 6) is -1.19. The number of nitro groups is 1. The van der Waals surface area contributed by atoms with Gasteiger partial charge in [0.15, 0.2) is 5.78 Å². The highest BCUT2D eigenvalue weighted by Gasteiger charge is 2.41. The first kappa shape index (κ1) is 22.0. The number of benzene rings is 1. The van der Waals surface area contributed by atoms with Crippen molar-refractivity contribution >= 4 is 28.8 Å². The zero-order valence-corrected chi connectivity index (χ0v) is 18.7. The van der Waals surface area contributed by atoms with Crippen LogP contribution in [0.5, 0.6) is 0 Å². The van der Waals surface area contributed by atoms with Crippen LogP contribution in [0.1, 0.15) is 55.4 Å². The van der Waals surface area contributed by atoms with Crippen molar-refractivity contribution in [1.29, 1.82) is 0 Å². The number of nitro benzene ring substituents is 1. The number of non-ortho nitro benzene ring substituents is 1. The molecular formula is C24H24N2O5S. The monoisotopic (exact) mass is 452 g/mol.